The number of hydrogen-bond acceptors (Lipinski definition) is 3. The Morgan fingerprint density at radius 3 is 2.45 bits per heavy atom. The smallest absolute Gasteiger partial charge is 0.170 e. The van der Waals surface area contributed by atoms with Crippen molar-refractivity contribution in [1.29, 1.82) is 0 Å². The highest BCUT2D eigenvalue weighted by molar-refractivity contribution is 7.80. The van der Waals surface area contributed by atoms with Gasteiger partial charge in [0.2, 0.25) is 0 Å². The second-order valence-electron chi connectivity index (χ2n) is 7.93. The lowest BCUT2D eigenvalue weighted by molar-refractivity contribution is 0.269. The molecule has 5 nitrogen and oxygen atoms in total. The second-order valence-corrected chi connectivity index (χ2v) is 8.32. The molecule has 0 radical (unpaired) electrons. The first-order valence-corrected chi connectivity index (χ1v) is 10.4. The van der Waals surface area contributed by atoms with Crippen molar-refractivity contribution >= 4 is 17.3 Å². The molecule has 1 N–H and O–H groups in total. The minimum absolute atomic E-state index is 0.00452. The highest BCUT2D eigenvalue weighted by Gasteiger charge is 2.42. The van der Waals surface area contributed by atoms with E-state index in [-0.39, 0.29) is 18.1 Å². The quantitative estimate of drug-likeness (QED) is 0.644. The molecule has 4 rings (SSSR count). The van der Waals surface area contributed by atoms with Gasteiger partial charge in [0.05, 0.1) is 17.8 Å². The van der Waals surface area contributed by atoms with Crippen molar-refractivity contribution in [2.75, 3.05) is 0 Å². The number of hydrogen-bond donors (Lipinski definition) is 1. The van der Waals surface area contributed by atoms with Gasteiger partial charge in [-0.1, -0.05) is 12.1 Å². The maximum atomic E-state index is 5.74. The topological polar surface area (TPSA) is 46.0 Å². The molecule has 3 aromatic heterocycles. The molecular weight excluding hydrogens is 378 g/mol. The number of thiocarbonyl (C=S) groups is 1. The molecule has 4 heterocycles. The molecule has 0 bridgehead atoms. The van der Waals surface area contributed by atoms with Crippen LogP contribution in [0, 0.1) is 20.8 Å². The summed E-state index contributed by atoms with van der Waals surface area (Å²) in [6.45, 7) is 10.8. The monoisotopic (exact) mass is 405 g/mol. The fourth-order valence-corrected chi connectivity index (χ4v) is 4.83. The van der Waals surface area contributed by atoms with Crippen LogP contribution in [0.2, 0.25) is 0 Å². The number of nitrogens with zero attached hydrogens (tertiary/aromatic N) is 4. The van der Waals surface area contributed by atoms with Crippen LogP contribution in [0.1, 0.15) is 54.1 Å². The average molecular weight is 406 g/mol. The molecule has 0 spiro atoms. The molecule has 2 atom stereocenters. The van der Waals surface area contributed by atoms with Crippen LogP contribution in [-0.4, -0.2) is 30.6 Å². The first kappa shape index (κ1) is 19.6. The van der Waals surface area contributed by atoms with Gasteiger partial charge in [0.1, 0.15) is 5.82 Å². The maximum absolute atomic E-state index is 5.74. The van der Waals surface area contributed by atoms with Gasteiger partial charge in [0.15, 0.2) is 5.11 Å². The van der Waals surface area contributed by atoms with E-state index in [1.807, 2.05) is 30.6 Å². The molecule has 1 aliphatic heterocycles. The Balaban J connectivity index is 1.88. The van der Waals surface area contributed by atoms with Crippen LogP contribution in [-0.2, 0) is 0 Å². The highest BCUT2D eigenvalue weighted by atomic mass is 32.1. The van der Waals surface area contributed by atoms with Crippen LogP contribution < -0.4 is 5.32 Å². The summed E-state index contributed by atoms with van der Waals surface area (Å²) in [5.41, 5.74) is 5.77. The predicted octanol–water partition coefficient (Wildman–Crippen LogP) is 4.57. The largest absolute Gasteiger partial charge is 0.352 e. The standard InChI is InChI=1S/C23H27N5S/c1-14(2)27-21(20(26-23(27)29)19-10-6-7-11-24-19)18-13-16(4)28(17(18)5)22-15(3)9-8-12-25-22/h6-14,20-21H,1-5H3,(H,26,29)/t20-,21-/m0/s1. The van der Waals surface area contributed by atoms with Gasteiger partial charge in [0.25, 0.3) is 0 Å². The lowest BCUT2D eigenvalue weighted by atomic mass is 9.96. The third-order valence-electron chi connectivity index (χ3n) is 5.67. The molecule has 6 heteroatoms. The molecular formula is C23H27N5S. The third kappa shape index (κ3) is 3.31. The fraction of sp³-hybridized carbons (Fsp3) is 0.348. The number of pyridine rings is 2. The van der Waals surface area contributed by atoms with E-state index in [0.717, 1.165) is 22.2 Å². The Bertz CT molecular complexity index is 1040. The van der Waals surface area contributed by atoms with Gasteiger partial charge < -0.3 is 14.8 Å². The molecule has 0 saturated carbocycles. The van der Waals surface area contributed by atoms with Crippen LogP contribution in [0.25, 0.3) is 5.82 Å². The number of aromatic nitrogens is 3. The van der Waals surface area contributed by atoms with Crippen molar-refractivity contribution < 1.29 is 0 Å². The Hall–Kier alpha value is -2.73. The normalized spacial score (nSPS) is 19.1. The average Bonchev–Trinajstić information content (AvgIpc) is 3.19. The first-order chi connectivity index (χ1) is 13.9. The highest BCUT2D eigenvalue weighted by Crippen LogP contribution is 2.42. The molecule has 150 valence electrons. The predicted molar refractivity (Wildman–Crippen MR) is 120 cm³/mol. The van der Waals surface area contributed by atoms with Crippen LogP contribution >= 0.6 is 12.2 Å². The Morgan fingerprint density at radius 2 is 1.79 bits per heavy atom. The van der Waals surface area contributed by atoms with Crippen LogP contribution in [0.4, 0.5) is 0 Å². The van der Waals surface area contributed by atoms with Crippen molar-refractivity contribution in [3.8, 4) is 5.82 Å². The van der Waals surface area contributed by atoms with Gasteiger partial charge in [-0.3, -0.25) is 4.98 Å². The summed E-state index contributed by atoms with van der Waals surface area (Å²) < 4.78 is 2.25. The fourth-order valence-electron chi connectivity index (χ4n) is 4.38. The Labute approximate surface area is 177 Å². The van der Waals surface area contributed by atoms with Gasteiger partial charge in [-0.2, -0.15) is 0 Å². The van der Waals surface area contributed by atoms with E-state index in [9.17, 15) is 0 Å². The van der Waals surface area contributed by atoms with E-state index in [1.165, 1.54) is 17.0 Å². The molecule has 3 aromatic rings. The summed E-state index contributed by atoms with van der Waals surface area (Å²) in [5.74, 6) is 0.979. The van der Waals surface area contributed by atoms with Crippen LogP contribution in [0.15, 0.2) is 48.8 Å². The van der Waals surface area contributed by atoms with Gasteiger partial charge >= 0.3 is 0 Å². The Kier molecular flexibility index (Phi) is 5.13. The zero-order chi connectivity index (χ0) is 20.7. The summed E-state index contributed by atoms with van der Waals surface area (Å²) in [6.07, 6.45) is 3.69. The van der Waals surface area contributed by atoms with Crippen molar-refractivity contribution in [3.63, 3.8) is 0 Å². The molecule has 0 amide bonds. The molecule has 29 heavy (non-hydrogen) atoms. The third-order valence-corrected chi connectivity index (χ3v) is 6.00. The SMILES string of the molecule is Cc1cccnc1-n1c(C)cc([C@H]2[C@H](c3ccccn3)NC(=S)N2C(C)C)c1C. The molecule has 1 fully saturated rings. The van der Waals surface area contributed by atoms with Gasteiger partial charge in [-0.05, 0) is 82.2 Å². The first-order valence-electron chi connectivity index (χ1n) is 10.0. The van der Waals surface area contributed by atoms with E-state index in [2.05, 4.69) is 77.6 Å². The van der Waals surface area contributed by atoms with E-state index >= 15 is 0 Å². The molecule has 0 aliphatic carbocycles. The maximum Gasteiger partial charge on any atom is 0.170 e. The summed E-state index contributed by atoms with van der Waals surface area (Å²) in [4.78, 5) is 11.6. The van der Waals surface area contributed by atoms with Crippen molar-refractivity contribution in [3.05, 3.63) is 77.0 Å². The van der Waals surface area contributed by atoms with Gasteiger partial charge in [0, 0.05) is 29.8 Å². The minimum atomic E-state index is 0.00452. The van der Waals surface area contributed by atoms with Crippen molar-refractivity contribution in [1.82, 2.24) is 24.8 Å². The second kappa shape index (κ2) is 7.59. The van der Waals surface area contributed by atoms with Crippen LogP contribution in [0.3, 0.4) is 0 Å². The number of rotatable bonds is 4. The van der Waals surface area contributed by atoms with E-state index in [0.29, 0.717) is 0 Å². The number of nitrogens with one attached hydrogen (secondary N) is 1. The zero-order valence-corrected chi connectivity index (χ0v) is 18.4. The van der Waals surface area contributed by atoms with Gasteiger partial charge in [-0.15, -0.1) is 0 Å². The van der Waals surface area contributed by atoms with Crippen molar-refractivity contribution in [2.45, 2.75) is 52.7 Å². The van der Waals surface area contributed by atoms with E-state index in [1.54, 1.807) is 0 Å². The van der Waals surface area contributed by atoms with Crippen LogP contribution in [0.5, 0.6) is 0 Å². The summed E-state index contributed by atoms with van der Waals surface area (Å²) in [6, 6.07) is 12.7. The number of aryl methyl sites for hydroxylation is 2. The molecule has 1 aliphatic rings. The lowest BCUT2D eigenvalue weighted by Gasteiger charge is -2.31. The summed E-state index contributed by atoms with van der Waals surface area (Å²) in [5, 5.41) is 4.30. The lowest BCUT2D eigenvalue weighted by Crippen LogP contribution is -2.35. The van der Waals surface area contributed by atoms with E-state index in [4.69, 9.17) is 12.2 Å². The zero-order valence-electron chi connectivity index (χ0n) is 17.5. The Morgan fingerprint density at radius 1 is 1.03 bits per heavy atom. The van der Waals surface area contributed by atoms with E-state index < -0.39 is 0 Å². The summed E-state index contributed by atoms with van der Waals surface area (Å²) in [7, 11) is 0. The van der Waals surface area contributed by atoms with Crippen molar-refractivity contribution in [2.24, 2.45) is 0 Å². The molecule has 0 unspecified atom stereocenters. The molecule has 0 aromatic carbocycles. The van der Waals surface area contributed by atoms with Gasteiger partial charge in [-0.25, -0.2) is 4.98 Å². The minimum Gasteiger partial charge on any atom is -0.352 e. The summed E-state index contributed by atoms with van der Waals surface area (Å²) >= 11 is 5.74. The molecule has 1 saturated heterocycles.